The first kappa shape index (κ1) is 15.2. The van der Waals surface area contributed by atoms with Crippen LogP contribution in [0.3, 0.4) is 0 Å². The van der Waals surface area contributed by atoms with E-state index in [0.29, 0.717) is 19.6 Å². The molecule has 0 spiro atoms. The molecule has 2 rings (SSSR count). The van der Waals surface area contributed by atoms with Crippen molar-refractivity contribution in [2.75, 3.05) is 33.2 Å². The van der Waals surface area contributed by atoms with Crippen LogP contribution in [0, 0.1) is 0 Å². The summed E-state index contributed by atoms with van der Waals surface area (Å²) in [6.07, 6.45) is 7.44. The molecule has 1 unspecified atom stereocenters. The van der Waals surface area contributed by atoms with Gasteiger partial charge in [0.1, 0.15) is 0 Å². The molecule has 5 nitrogen and oxygen atoms in total. The average molecular weight is 289 g/mol. The number of likely N-dealkylation sites (N-methyl/N-ethyl adjacent to an activating group) is 1. The van der Waals surface area contributed by atoms with Crippen molar-refractivity contribution in [1.82, 2.24) is 13.9 Å². The molecule has 0 aromatic heterocycles. The molecule has 19 heavy (non-hydrogen) atoms. The standard InChI is InChI=1S/C13H27N3O2S/c1-14-12-13-8-4-7-11-16(13)19(17,18)15-9-5-2-3-6-10-15/h13-14H,2-12H2,1H3. The fraction of sp³-hybridized carbons (Fsp3) is 1.00. The fourth-order valence-electron chi connectivity index (χ4n) is 3.14. The first-order valence-corrected chi connectivity index (χ1v) is 8.97. The summed E-state index contributed by atoms with van der Waals surface area (Å²) >= 11 is 0. The van der Waals surface area contributed by atoms with E-state index in [1.165, 1.54) is 0 Å². The Morgan fingerprint density at radius 3 is 2.26 bits per heavy atom. The zero-order valence-electron chi connectivity index (χ0n) is 12.0. The van der Waals surface area contributed by atoms with Crippen molar-refractivity contribution in [2.24, 2.45) is 0 Å². The molecule has 1 atom stereocenters. The quantitative estimate of drug-likeness (QED) is 0.845. The molecule has 0 radical (unpaired) electrons. The Morgan fingerprint density at radius 1 is 1.00 bits per heavy atom. The van der Waals surface area contributed by atoms with Crippen LogP contribution in [0.1, 0.15) is 44.9 Å². The molecular formula is C13H27N3O2S. The van der Waals surface area contributed by atoms with Gasteiger partial charge < -0.3 is 5.32 Å². The van der Waals surface area contributed by atoms with Crippen LogP contribution in [0.25, 0.3) is 0 Å². The molecule has 0 amide bonds. The van der Waals surface area contributed by atoms with Crippen molar-refractivity contribution >= 4 is 10.2 Å². The first-order valence-electron chi connectivity index (χ1n) is 7.58. The Balaban J connectivity index is 2.11. The van der Waals surface area contributed by atoms with E-state index in [0.717, 1.165) is 51.5 Å². The molecule has 0 aromatic rings. The molecule has 0 saturated carbocycles. The van der Waals surface area contributed by atoms with Gasteiger partial charge in [0.15, 0.2) is 0 Å². The Labute approximate surface area is 117 Å². The van der Waals surface area contributed by atoms with Crippen molar-refractivity contribution in [2.45, 2.75) is 51.0 Å². The lowest BCUT2D eigenvalue weighted by Gasteiger charge is -2.37. The third-order valence-corrected chi connectivity index (χ3v) is 6.29. The Kier molecular flexibility index (Phi) is 5.62. The number of rotatable bonds is 4. The lowest BCUT2D eigenvalue weighted by molar-refractivity contribution is 0.229. The normalized spacial score (nSPS) is 28.2. The lowest BCUT2D eigenvalue weighted by atomic mass is 10.1. The van der Waals surface area contributed by atoms with Crippen LogP contribution in [0.2, 0.25) is 0 Å². The topological polar surface area (TPSA) is 52.7 Å². The third kappa shape index (κ3) is 3.68. The molecule has 6 heteroatoms. The highest BCUT2D eigenvalue weighted by atomic mass is 32.2. The number of hydrogen-bond donors (Lipinski definition) is 1. The summed E-state index contributed by atoms with van der Waals surface area (Å²) in [5.41, 5.74) is 0. The predicted molar refractivity (Wildman–Crippen MR) is 77.2 cm³/mol. The smallest absolute Gasteiger partial charge is 0.282 e. The van der Waals surface area contributed by atoms with Gasteiger partial charge in [-0.3, -0.25) is 0 Å². The minimum absolute atomic E-state index is 0.131. The Hall–Kier alpha value is -0.170. The van der Waals surface area contributed by atoms with Crippen LogP contribution in [0.15, 0.2) is 0 Å². The van der Waals surface area contributed by atoms with Gasteiger partial charge in [0.2, 0.25) is 0 Å². The molecule has 0 aromatic carbocycles. The number of piperidine rings is 1. The lowest BCUT2D eigenvalue weighted by Crippen LogP contribution is -2.53. The molecule has 0 aliphatic carbocycles. The SMILES string of the molecule is CNCC1CCCCN1S(=O)(=O)N1CCCCCC1. The predicted octanol–water partition coefficient (Wildman–Crippen LogP) is 1.18. The van der Waals surface area contributed by atoms with Crippen molar-refractivity contribution in [3.63, 3.8) is 0 Å². The largest absolute Gasteiger partial charge is 0.318 e. The summed E-state index contributed by atoms with van der Waals surface area (Å²) < 4.78 is 29.1. The Morgan fingerprint density at radius 2 is 1.63 bits per heavy atom. The van der Waals surface area contributed by atoms with Gasteiger partial charge in [-0.15, -0.1) is 0 Å². The summed E-state index contributed by atoms with van der Waals surface area (Å²) in [5.74, 6) is 0. The summed E-state index contributed by atoms with van der Waals surface area (Å²) in [6, 6.07) is 0.131. The highest BCUT2D eigenvalue weighted by Crippen LogP contribution is 2.24. The molecule has 0 bridgehead atoms. The van der Waals surface area contributed by atoms with Crippen LogP contribution in [-0.4, -0.2) is 56.3 Å². The summed E-state index contributed by atoms with van der Waals surface area (Å²) in [4.78, 5) is 0. The van der Waals surface area contributed by atoms with E-state index < -0.39 is 10.2 Å². The molecule has 2 fully saturated rings. The monoisotopic (exact) mass is 289 g/mol. The van der Waals surface area contributed by atoms with E-state index in [1.807, 2.05) is 7.05 Å². The van der Waals surface area contributed by atoms with Crippen molar-refractivity contribution in [1.29, 1.82) is 0 Å². The molecule has 112 valence electrons. The van der Waals surface area contributed by atoms with Crippen molar-refractivity contribution < 1.29 is 8.42 Å². The zero-order valence-corrected chi connectivity index (χ0v) is 12.8. The maximum atomic E-state index is 12.8. The minimum atomic E-state index is -3.25. The maximum Gasteiger partial charge on any atom is 0.282 e. The number of nitrogens with one attached hydrogen (secondary N) is 1. The van der Waals surface area contributed by atoms with E-state index in [1.54, 1.807) is 8.61 Å². The van der Waals surface area contributed by atoms with Gasteiger partial charge in [-0.1, -0.05) is 19.3 Å². The van der Waals surface area contributed by atoms with Crippen LogP contribution in [0.4, 0.5) is 0 Å². The van der Waals surface area contributed by atoms with Crippen molar-refractivity contribution in [3.8, 4) is 0 Å². The van der Waals surface area contributed by atoms with Gasteiger partial charge >= 0.3 is 0 Å². The Bertz CT molecular complexity index is 362. The molecule has 2 aliphatic rings. The zero-order chi connectivity index (χ0) is 13.7. The van der Waals surface area contributed by atoms with Gasteiger partial charge in [0.05, 0.1) is 0 Å². The van der Waals surface area contributed by atoms with Gasteiger partial charge in [-0.2, -0.15) is 17.0 Å². The van der Waals surface area contributed by atoms with Crippen LogP contribution in [0.5, 0.6) is 0 Å². The maximum absolute atomic E-state index is 12.8. The number of nitrogens with zero attached hydrogens (tertiary/aromatic N) is 2. The second-order valence-corrected chi connectivity index (χ2v) is 7.52. The summed E-state index contributed by atoms with van der Waals surface area (Å²) in [7, 11) is -1.36. The first-order chi connectivity index (χ1) is 9.16. The van der Waals surface area contributed by atoms with E-state index in [9.17, 15) is 8.42 Å². The van der Waals surface area contributed by atoms with E-state index in [4.69, 9.17) is 0 Å². The molecular weight excluding hydrogens is 262 g/mol. The number of hydrogen-bond acceptors (Lipinski definition) is 3. The van der Waals surface area contributed by atoms with Gasteiger partial charge in [0.25, 0.3) is 10.2 Å². The van der Waals surface area contributed by atoms with Crippen LogP contribution in [-0.2, 0) is 10.2 Å². The van der Waals surface area contributed by atoms with Crippen LogP contribution < -0.4 is 5.32 Å². The minimum Gasteiger partial charge on any atom is -0.318 e. The molecule has 2 aliphatic heterocycles. The summed E-state index contributed by atoms with van der Waals surface area (Å²) in [5, 5.41) is 3.13. The second kappa shape index (κ2) is 7.02. The van der Waals surface area contributed by atoms with Crippen LogP contribution >= 0.6 is 0 Å². The highest BCUT2D eigenvalue weighted by molar-refractivity contribution is 7.86. The third-order valence-electron chi connectivity index (χ3n) is 4.20. The van der Waals surface area contributed by atoms with E-state index in [-0.39, 0.29) is 6.04 Å². The molecule has 1 N–H and O–H groups in total. The fourth-order valence-corrected chi connectivity index (χ4v) is 5.07. The van der Waals surface area contributed by atoms with Gasteiger partial charge in [-0.25, -0.2) is 0 Å². The van der Waals surface area contributed by atoms with Crippen molar-refractivity contribution in [3.05, 3.63) is 0 Å². The van der Waals surface area contributed by atoms with E-state index in [2.05, 4.69) is 5.32 Å². The summed E-state index contributed by atoms with van der Waals surface area (Å²) in [6.45, 7) is 2.84. The highest BCUT2D eigenvalue weighted by Gasteiger charge is 2.36. The molecule has 2 heterocycles. The van der Waals surface area contributed by atoms with Gasteiger partial charge in [-0.05, 0) is 32.7 Å². The second-order valence-electron chi connectivity index (χ2n) is 5.64. The average Bonchev–Trinajstić information content (AvgIpc) is 2.69. The molecule has 2 saturated heterocycles. The van der Waals surface area contributed by atoms with Gasteiger partial charge in [0, 0.05) is 32.2 Å². The van der Waals surface area contributed by atoms with E-state index >= 15 is 0 Å².